The fraction of sp³-hybridized carbons (Fsp3) is 0.538. The summed E-state index contributed by atoms with van der Waals surface area (Å²) < 4.78 is 0. The van der Waals surface area contributed by atoms with Gasteiger partial charge in [-0.3, -0.25) is 0 Å². The molecular weight excluding hydrogens is 264 g/mol. The van der Waals surface area contributed by atoms with Crippen LogP contribution in [0, 0.1) is 0 Å². The molecule has 0 aliphatic carbocycles. The standard InChI is InChI=1S/C13H20N2O3S/c1-9(8-10-6-5-7-19-10)14-12(18)15(4)13(2,3)11(16)17/h5-7,9H,8H2,1-4H3,(H,14,18)(H,16,17). The van der Waals surface area contributed by atoms with Crippen LogP contribution < -0.4 is 5.32 Å². The molecule has 1 rings (SSSR count). The van der Waals surface area contributed by atoms with Gasteiger partial charge in [0.15, 0.2) is 0 Å². The molecule has 0 radical (unpaired) electrons. The highest BCUT2D eigenvalue weighted by atomic mass is 32.1. The van der Waals surface area contributed by atoms with Crippen LogP contribution in [0.25, 0.3) is 0 Å². The van der Waals surface area contributed by atoms with Gasteiger partial charge in [-0.15, -0.1) is 11.3 Å². The van der Waals surface area contributed by atoms with Crippen molar-refractivity contribution in [2.75, 3.05) is 7.05 Å². The summed E-state index contributed by atoms with van der Waals surface area (Å²) in [6, 6.07) is 3.56. The Labute approximate surface area is 117 Å². The van der Waals surface area contributed by atoms with Gasteiger partial charge < -0.3 is 15.3 Å². The van der Waals surface area contributed by atoms with Crippen molar-refractivity contribution in [3.8, 4) is 0 Å². The number of amides is 2. The first kappa shape index (κ1) is 15.5. The number of rotatable bonds is 5. The van der Waals surface area contributed by atoms with E-state index >= 15 is 0 Å². The highest BCUT2D eigenvalue weighted by molar-refractivity contribution is 7.09. The van der Waals surface area contributed by atoms with Crippen LogP contribution in [0.1, 0.15) is 25.6 Å². The van der Waals surface area contributed by atoms with Crippen molar-refractivity contribution >= 4 is 23.3 Å². The van der Waals surface area contributed by atoms with Gasteiger partial charge in [0.05, 0.1) is 0 Å². The van der Waals surface area contributed by atoms with Crippen molar-refractivity contribution in [2.45, 2.75) is 38.8 Å². The molecule has 5 nitrogen and oxygen atoms in total. The number of likely N-dealkylation sites (N-methyl/N-ethyl adjacent to an activating group) is 1. The Morgan fingerprint density at radius 1 is 1.53 bits per heavy atom. The van der Waals surface area contributed by atoms with Gasteiger partial charge >= 0.3 is 12.0 Å². The molecule has 1 heterocycles. The van der Waals surface area contributed by atoms with Crippen molar-refractivity contribution in [3.05, 3.63) is 22.4 Å². The number of aliphatic carboxylic acids is 1. The highest BCUT2D eigenvalue weighted by Gasteiger charge is 2.35. The average Bonchev–Trinajstić information content (AvgIpc) is 2.80. The van der Waals surface area contributed by atoms with Gasteiger partial charge in [0.2, 0.25) is 0 Å². The molecular formula is C13H20N2O3S. The number of nitrogens with one attached hydrogen (secondary N) is 1. The van der Waals surface area contributed by atoms with Crippen LogP contribution in [0.4, 0.5) is 4.79 Å². The number of hydrogen-bond acceptors (Lipinski definition) is 3. The fourth-order valence-electron chi connectivity index (χ4n) is 1.49. The number of carbonyl (C=O) groups is 2. The molecule has 106 valence electrons. The van der Waals surface area contributed by atoms with Crippen LogP contribution in [0.5, 0.6) is 0 Å². The number of urea groups is 1. The van der Waals surface area contributed by atoms with Crippen molar-refractivity contribution < 1.29 is 14.7 Å². The second-order valence-electron chi connectivity index (χ2n) is 5.06. The number of hydrogen-bond donors (Lipinski definition) is 2. The van der Waals surface area contributed by atoms with Gasteiger partial charge in [-0.05, 0) is 32.2 Å². The number of carboxylic acid groups (broad SMARTS) is 1. The van der Waals surface area contributed by atoms with E-state index in [1.54, 1.807) is 11.3 Å². The van der Waals surface area contributed by atoms with Crippen LogP contribution in [0.2, 0.25) is 0 Å². The predicted octanol–water partition coefficient (Wildman–Crippen LogP) is 2.18. The molecule has 0 aliphatic heterocycles. The van der Waals surface area contributed by atoms with E-state index in [4.69, 9.17) is 5.11 Å². The Balaban J connectivity index is 2.57. The maximum atomic E-state index is 12.0. The van der Waals surface area contributed by atoms with Gasteiger partial charge in [-0.1, -0.05) is 6.07 Å². The van der Waals surface area contributed by atoms with Crippen molar-refractivity contribution in [3.63, 3.8) is 0 Å². The molecule has 1 atom stereocenters. The lowest BCUT2D eigenvalue weighted by atomic mass is 10.0. The Bertz CT molecular complexity index is 443. The number of thiophene rings is 1. The largest absolute Gasteiger partial charge is 0.480 e. The van der Waals surface area contributed by atoms with Crippen LogP contribution in [-0.2, 0) is 11.2 Å². The molecule has 0 aromatic carbocycles. The maximum absolute atomic E-state index is 12.0. The monoisotopic (exact) mass is 284 g/mol. The Morgan fingerprint density at radius 2 is 2.16 bits per heavy atom. The number of nitrogens with zero attached hydrogens (tertiary/aromatic N) is 1. The Kier molecular flexibility index (Phi) is 4.94. The van der Waals surface area contributed by atoms with E-state index in [-0.39, 0.29) is 12.1 Å². The van der Waals surface area contributed by atoms with E-state index in [0.29, 0.717) is 0 Å². The summed E-state index contributed by atoms with van der Waals surface area (Å²) in [4.78, 5) is 25.5. The van der Waals surface area contributed by atoms with Gasteiger partial charge in [0.25, 0.3) is 0 Å². The second kappa shape index (κ2) is 6.06. The molecule has 0 bridgehead atoms. The lowest BCUT2D eigenvalue weighted by Crippen LogP contribution is -2.55. The normalized spacial score (nSPS) is 12.8. The van der Waals surface area contributed by atoms with E-state index in [1.165, 1.54) is 30.7 Å². The SMILES string of the molecule is CC(Cc1cccs1)NC(=O)N(C)C(C)(C)C(=O)O. The molecule has 6 heteroatoms. The van der Waals surface area contributed by atoms with E-state index in [9.17, 15) is 9.59 Å². The zero-order valence-electron chi connectivity index (χ0n) is 11.6. The molecule has 1 aromatic heterocycles. The zero-order chi connectivity index (χ0) is 14.6. The van der Waals surface area contributed by atoms with Crippen molar-refractivity contribution in [1.29, 1.82) is 0 Å². The summed E-state index contributed by atoms with van der Waals surface area (Å²) in [6.07, 6.45) is 0.741. The van der Waals surface area contributed by atoms with Gasteiger partial charge in [-0.25, -0.2) is 9.59 Å². The third-order valence-corrected chi connectivity index (χ3v) is 4.02. The minimum Gasteiger partial charge on any atom is -0.480 e. The molecule has 19 heavy (non-hydrogen) atoms. The summed E-state index contributed by atoms with van der Waals surface area (Å²) in [7, 11) is 1.49. The second-order valence-corrected chi connectivity index (χ2v) is 6.09. The fourth-order valence-corrected chi connectivity index (χ4v) is 2.32. The molecule has 2 amide bonds. The highest BCUT2D eigenvalue weighted by Crippen LogP contribution is 2.14. The lowest BCUT2D eigenvalue weighted by Gasteiger charge is -2.32. The summed E-state index contributed by atoms with van der Waals surface area (Å²) in [5.41, 5.74) is -1.23. The van der Waals surface area contributed by atoms with Crippen LogP contribution in [-0.4, -0.2) is 40.6 Å². The summed E-state index contributed by atoms with van der Waals surface area (Å²) in [5.74, 6) is -1.03. The predicted molar refractivity (Wildman–Crippen MR) is 75.5 cm³/mol. The minimum atomic E-state index is -1.23. The smallest absolute Gasteiger partial charge is 0.329 e. The maximum Gasteiger partial charge on any atom is 0.329 e. The Morgan fingerprint density at radius 3 is 2.63 bits per heavy atom. The van der Waals surface area contributed by atoms with Crippen molar-refractivity contribution in [1.82, 2.24) is 10.2 Å². The van der Waals surface area contributed by atoms with Gasteiger partial charge in [0, 0.05) is 24.4 Å². The first-order valence-corrected chi connectivity index (χ1v) is 6.93. The zero-order valence-corrected chi connectivity index (χ0v) is 12.5. The third-order valence-electron chi connectivity index (χ3n) is 3.12. The van der Waals surface area contributed by atoms with Gasteiger partial charge in [-0.2, -0.15) is 0 Å². The van der Waals surface area contributed by atoms with Crippen molar-refractivity contribution in [2.24, 2.45) is 0 Å². The van der Waals surface area contributed by atoms with E-state index < -0.39 is 11.5 Å². The summed E-state index contributed by atoms with van der Waals surface area (Å²) in [6.45, 7) is 4.90. The van der Waals surface area contributed by atoms with Crippen LogP contribution in [0.3, 0.4) is 0 Å². The third kappa shape index (κ3) is 3.96. The summed E-state index contributed by atoms with van der Waals surface area (Å²) >= 11 is 1.64. The molecule has 0 saturated heterocycles. The van der Waals surface area contributed by atoms with Gasteiger partial charge in [0.1, 0.15) is 5.54 Å². The molecule has 0 aliphatic rings. The van der Waals surface area contributed by atoms with Crippen LogP contribution in [0.15, 0.2) is 17.5 Å². The lowest BCUT2D eigenvalue weighted by molar-refractivity contribution is -0.146. The topological polar surface area (TPSA) is 69.6 Å². The average molecular weight is 284 g/mol. The first-order chi connectivity index (χ1) is 8.75. The van der Waals surface area contributed by atoms with Crippen LogP contribution >= 0.6 is 11.3 Å². The molecule has 0 fully saturated rings. The minimum absolute atomic E-state index is 0.0433. The quantitative estimate of drug-likeness (QED) is 0.870. The Hall–Kier alpha value is -1.56. The molecule has 0 spiro atoms. The van der Waals surface area contributed by atoms with E-state index in [0.717, 1.165) is 6.42 Å². The molecule has 2 N–H and O–H groups in total. The molecule has 1 aromatic rings. The van der Waals surface area contributed by atoms with E-state index in [2.05, 4.69) is 5.32 Å². The summed E-state index contributed by atoms with van der Waals surface area (Å²) in [5, 5.41) is 13.9. The molecule has 0 saturated carbocycles. The number of carboxylic acids is 1. The first-order valence-electron chi connectivity index (χ1n) is 6.05. The molecule has 1 unspecified atom stereocenters. The number of carbonyl (C=O) groups excluding carboxylic acids is 1. The van der Waals surface area contributed by atoms with E-state index in [1.807, 2.05) is 24.4 Å².